The fraction of sp³-hybridized carbons (Fsp3) is 0.750. The van der Waals surface area contributed by atoms with Gasteiger partial charge in [0.2, 0.25) is 0 Å². The molecule has 1 heterocycles. The molecule has 0 aliphatic rings. The van der Waals surface area contributed by atoms with Crippen molar-refractivity contribution < 1.29 is 0 Å². The highest BCUT2D eigenvalue weighted by molar-refractivity contribution is 5.09. The minimum atomic E-state index is 0.211. The molecular formula is C12H23N3. The molecule has 0 aromatic carbocycles. The molecule has 1 rings (SSSR count). The number of nitrogens with one attached hydrogen (secondary N) is 1. The molecule has 15 heavy (non-hydrogen) atoms. The zero-order valence-corrected chi connectivity index (χ0v) is 10.5. The van der Waals surface area contributed by atoms with Gasteiger partial charge in [-0.05, 0) is 24.4 Å². The summed E-state index contributed by atoms with van der Waals surface area (Å²) in [6.07, 6.45) is 3.02. The van der Waals surface area contributed by atoms with Gasteiger partial charge < -0.3 is 5.32 Å². The Morgan fingerprint density at radius 3 is 2.53 bits per heavy atom. The van der Waals surface area contributed by atoms with Gasteiger partial charge in [0.15, 0.2) is 0 Å². The Hall–Kier alpha value is -0.830. The molecule has 3 heteroatoms. The third-order valence-electron chi connectivity index (χ3n) is 2.62. The van der Waals surface area contributed by atoms with Gasteiger partial charge in [0.1, 0.15) is 0 Å². The molecule has 0 radical (unpaired) electrons. The van der Waals surface area contributed by atoms with E-state index >= 15 is 0 Å². The van der Waals surface area contributed by atoms with E-state index in [1.807, 2.05) is 17.9 Å². The summed E-state index contributed by atoms with van der Waals surface area (Å²) >= 11 is 0. The maximum Gasteiger partial charge on any atom is 0.0555 e. The lowest BCUT2D eigenvalue weighted by molar-refractivity contribution is 0.261. The molecule has 0 saturated carbocycles. The minimum Gasteiger partial charge on any atom is -0.308 e. The van der Waals surface area contributed by atoms with Crippen molar-refractivity contribution >= 4 is 0 Å². The fourth-order valence-electron chi connectivity index (χ4n) is 1.81. The molecule has 0 aliphatic carbocycles. The Balaban J connectivity index is 2.87. The van der Waals surface area contributed by atoms with Crippen LogP contribution in [0.15, 0.2) is 12.3 Å². The van der Waals surface area contributed by atoms with E-state index in [-0.39, 0.29) is 5.41 Å². The first-order chi connectivity index (χ1) is 6.96. The average Bonchev–Trinajstić information content (AvgIpc) is 2.51. The number of hydrogen-bond acceptors (Lipinski definition) is 2. The van der Waals surface area contributed by atoms with E-state index in [0.29, 0.717) is 6.04 Å². The first-order valence-electron chi connectivity index (χ1n) is 5.68. The van der Waals surface area contributed by atoms with Crippen LogP contribution in [0.5, 0.6) is 0 Å². The lowest BCUT2D eigenvalue weighted by Gasteiger charge is -2.31. The van der Waals surface area contributed by atoms with Crippen molar-refractivity contribution in [2.75, 3.05) is 6.54 Å². The molecular weight excluding hydrogens is 186 g/mol. The summed E-state index contributed by atoms with van der Waals surface area (Å²) in [5, 5.41) is 7.83. The second-order valence-electron chi connectivity index (χ2n) is 5.13. The molecule has 0 fully saturated rings. The minimum absolute atomic E-state index is 0.211. The van der Waals surface area contributed by atoms with Crippen LogP contribution in [0.25, 0.3) is 0 Å². The molecule has 0 aliphatic heterocycles. The number of aromatic nitrogens is 2. The Kier molecular flexibility index (Phi) is 3.91. The SMILES string of the molecule is CCCNC(c1ccnn1C)C(C)(C)C. The summed E-state index contributed by atoms with van der Waals surface area (Å²) < 4.78 is 1.96. The third-order valence-corrected chi connectivity index (χ3v) is 2.62. The first kappa shape index (κ1) is 12.2. The number of nitrogens with zero attached hydrogens (tertiary/aromatic N) is 2. The van der Waals surface area contributed by atoms with Crippen LogP contribution < -0.4 is 5.32 Å². The molecule has 0 amide bonds. The van der Waals surface area contributed by atoms with Crippen LogP contribution in [-0.2, 0) is 7.05 Å². The molecule has 0 saturated heterocycles. The molecule has 0 bridgehead atoms. The van der Waals surface area contributed by atoms with E-state index in [1.54, 1.807) is 0 Å². The van der Waals surface area contributed by atoms with E-state index < -0.39 is 0 Å². The topological polar surface area (TPSA) is 29.9 Å². The van der Waals surface area contributed by atoms with Crippen molar-refractivity contribution in [1.82, 2.24) is 15.1 Å². The van der Waals surface area contributed by atoms with E-state index in [1.165, 1.54) is 5.69 Å². The maximum absolute atomic E-state index is 4.24. The van der Waals surface area contributed by atoms with Gasteiger partial charge in [0, 0.05) is 13.2 Å². The molecule has 1 N–H and O–H groups in total. The summed E-state index contributed by atoms with van der Waals surface area (Å²) in [7, 11) is 2.00. The highest BCUT2D eigenvalue weighted by Gasteiger charge is 2.27. The Bertz CT molecular complexity index is 296. The highest BCUT2D eigenvalue weighted by Crippen LogP contribution is 2.32. The van der Waals surface area contributed by atoms with Crippen LogP contribution in [0, 0.1) is 5.41 Å². The Morgan fingerprint density at radius 2 is 2.13 bits per heavy atom. The Morgan fingerprint density at radius 1 is 1.47 bits per heavy atom. The maximum atomic E-state index is 4.24. The van der Waals surface area contributed by atoms with Gasteiger partial charge in [0.25, 0.3) is 0 Å². The summed E-state index contributed by atoms with van der Waals surface area (Å²) in [6.45, 7) is 10.0. The largest absolute Gasteiger partial charge is 0.308 e. The van der Waals surface area contributed by atoms with Crippen molar-refractivity contribution in [3.8, 4) is 0 Å². The molecule has 1 unspecified atom stereocenters. The van der Waals surface area contributed by atoms with Crippen molar-refractivity contribution in [3.63, 3.8) is 0 Å². The van der Waals surface area contributed by atoms with Crippen LogP contribution in [0.3, 0.4) is 0 Å². The van der Waals surface area contributed by atoms with E-state index in [9.17, 15) is 0 Å². The van der Waals surface area contributed by atoms with Crippen LogP contribution in [0.4, 0.5) is 0 Å². The molecule has 86 valence electrons. The normalized spacial score (nSPS) is 14.2. The number of rotatable bonds is 4. The van der Waals surface area contributed by atoms with Gasteiger partial charge in [0.05, 0.1) is 11.7 Å². The van der Waals surface area contributed by atoms with Gasteiger partial charge in [-0.3, -0.25) is 4.68 Å². The quantitative estimate of drug-likeness (QED) is 0.825. The van der Waals surface area contributed by atoms with E-state index in [0.717, 1.165) is 13.0 Å². The van der Waals surface area contributed by atoms with Gasteiger partial charge in [-0.25, -0.2) is 0 Å². The van der Waals surface area contributed by atoms with Gasteiger partial charge in [-0.2, -0.15) is 5.10 Å². The van der Waals surface area contributed by atoms with E-state index in [4.69, 9.17) is 0 Å². The molecule has 1 aromatic heterocycles. The molecule has 1 aromatic rings. The monoisotopic (exact) mass is 209 g/mol. The second kappa shape index (κ2) is 4.79. The van der Waals surface area contributed by atoms with Crippen molar-refractivity contribution in [2.45, 2.75) is 40.2 Å². The van der Waals surface area contributed by atoms with Crippen molar-refractivity contribution in [3.05, 3.63) is 18.0 Å². The van der Waals surface area contributed by atoms with Gasteiger partial charge in [-0.15, -0.1) is 0 Å². The zero-order chi connectivity index (χ0) is 11.5. The van der Waals surface area contributed by atoms with Crippen LogP contribution in [-0.4, -0.2) is 16.3 Å². The lowest BCUT2D eigenvalue weighted by Crippen LogP contribution is -2.34. The van der Waals surface area contributed by atoms with Crippen LogP contribution in [0.2, 0.25) is 0 Å². The average molecular weight is 209 g/mol. The predicted octanol–water partition coefficient (Wildman–Crippen LogP) is 2.51. The fourth-order valence-corrected chi connectivity index (χ4v) is 1.81. The van der Waals surface area contributed by atoms with Crippen molar-refractivity contribution in [2.24, 2.45) is 12.5 Å². The van der Waals surface area contributed by atoms with Crippen LogP contribution in [0.1, 0.15) is 45.9 Å². The Labute approximate surface area is 92.9 Å². The highest BCUT2D eigenvalue weighted by atomic mass is 15.3. The molecule has 1 atom stereocenters. The zero-order valence-electron chi connectivity index (χ0n) is 10.5. The van der Waals surface area contributed by atoms with Crippen LogP contribution >= 0.6 is 0 Å². The third kappa shape index (κ3) is 3.06. The first-order valence-corrected chi connectivity index (χ1v) is 5.68. The van der Waals surface area contributed by atoms with Gasteiger partial charge in [-0.1, -0.05) is 27.7 Å². The predicted molar refractivity (Wildman–Crippen MR) is 63.7 cm³/mol. The molecule has 0 spiro atoms. The van der Waals surface area contributed by atoms with Gasteiger partial charge >= 0.3 is 0 Å². The summed E-state index contributed by atoms with van der Waals surface area (Å²) in [6, 6.07) is 2.46. The smallest absolute Gasteiger partial charge is 0.0555 e. The summed E-state index contributed by atoms with van der Waals surface area (Å²) in [4.78, 5) is 0. The molecule has 3 nitrogen and oxygen atoms in total. The summed E-state index contributed by atoms with van der Waals surface area (Å²) in [5.41, 5.74) is 1.47. The number of aryl methyl sites for hydroxylation is 1. The lowest BCUT2D eigenvalue weighted by atomic mass is 9.84. The van der Waals surface area contributed by atoms with E-state index in [2.05, 4.69) is 44.2 Å². The van der Waals surface area contributed by atoms with Crippen molar-refractivity contribution in [1.29, 1.82) is 0 Å². The standard InChI is InChI=1S/C12H23N3/c1-6-8-13-11(12(2,3)4)10-7-9-14-15(10)5/h7,9,11,13H,6,8H2,1-5H3. The second-order valence-corrected chi connectivity index (χ2v) is 5.13. The summed E-state index contributed by atoms with van der Waals surface area (Å²) in [5.74, 6) is 0. The number of hydrogen-bond donors (Lipinski definition) is 1.